The molecule has 142 valence electrons. The summed E-state index contributed by atoms with van der Waals surface area (Å²) in [7, 11) is 1.65. The molecule has 5 heteroatoms. The maximum atomic E-state index is 12.5. The second kappa shape index (κ2) is 9.58. The fraction of sp³-hybridized carbons (Fsp3) is 0.318. The van der Waals surface area contributed by atoms with Crippen molar-refractivity contribution in [2.45, 2.75) is 13.0 Å². The SMILES string of the molecule is COc1ccc(CN2CCN(CC(Cl)=Cc3ccccc3)CCC2=O)cc1. The van der Waals surface area contributed by atoms with Crippen LogP contribution < -0.4 is 4.74 Å². The van der Waals surface area contributed by atoms with Crippen LogP contribution >= 0.6 is 11.6 Å². The first kappa shape index (κ1) is 19.5. The van der Waals surface area contributed by atoms with Crippen LogP contribution in [0.1, 0.15) is 17.5 Å². The van der Waals surface area contributed by atoms with Crippen molar-refractivity contribution in [2.75, 3.05) is 33.3 Å². The Morgan fingerprint density at radius 3 is 2.52 bits per heavy atom. The van der Waals surface area contributed by atoms with Crippen molar-refractivity contribution in [1.29, 1.82) is 0 Å². The van der Waals surface area contributed by atoms with Crippen molar-refractivity contribution < 1.29 is 9.53 Å². The molecule has 0 atom stereocenters. The molecule has 1 heterocycles. The Balaban J connectivity index is 1.56. The topological polar surface area (TPSA) is 32.8 Å². The molecule has 0 unspecified atom stereocenters. The van der Waals surface area contributed by atoms with Crippen LogP contribution in [-0.4, -0.2) is 49.0 Å². The van der Waals surface area contributed by atoms with Gasteiger partial charge in [0.15, 0.2) is 0 Å². The van der Waals surface area contributed by atoms with E-state index in [0.717, 1.165) is 35.0 Å². The van der Waals surface area contributed by atoms with Gasteiger partial charge in [-0.3, -0.25) is 9.69 Å². The van der Waals surface area contributed by atoms with E-state index in [4.69, 9.17) is 16.3 Å². The molecule has 1 amide bonds. The van der Waals surface area contributed by atoms with Crippen LogP contribution in [0, 0.1) is 0 Å². The Hall–Kier alpha value is -2.30. The van der Waals surface area contributed by atoms with E-state index in [0.29, 0.717) is 26.1 Å². The highest BCUT2D eigenvalue weighted by atomic mass is 35.5. The smallest absolute Gasteiger partial charge is 0.224 e. The van der Waals surface area contributed by atoms with E-state index in [-0.39, 0.29) is 5.91 Å². The predicted octanol–water partition coefficient (Wildman–Crippen LogP) is 4.01. The molecule has 2 aromatic carbocycles. The molecule has 1 saturated heterocycles. The van der Waals surface area contributed by atoms with Crippen molar-refractivity contribution in [3.05, 3.63) is 70.8 Å². The van der Waals surface area contributed by atoms with Crippen LogP contribution in [0.5, 0.6) is 5.75 Å². The number of benzene rings is 2. The Labute approximate surface area is 166 Å². The molecule has 1 aliphatic rings. The minimum Gasteiger partial charge on any atom is -0.497 e. The first-order valence-corrected chi connectivity index (χ1v) is 9.56. The molecule has 3 rings (SSSR count). The number of methoxy groups -OCH3 is 1. The van der Waals surface area contributed by atoms with Gasteiger partial charge in [-0.25, -0.2) is 0 Å². The van der Waals surface area contributed by atoms with Crippen molar-refractivity contribution >= 4 is 23.6 Å². The third-order valence-electron chi connectivity index (χ3n) is 4.71. The summed E-state index contributed by atoms with van der Waals surface area (Å²) < 4.78 is 5.19. The first-order valence-electron chi connectivity index (χ1n) is 9.18. The molecule has 1 fully saturated rings. The lowest BCUT2D eigenvalue weighted by molar-refractivity contribution is -0.130. The van der Waals surface area contributed by atoms with Gasteiger partial charge in [0.2, 0.25) is 5.91 Å². The number of hydrogen-bond donors (Lipinski definition) is 0. The van der Waals surface area contributed by atoms with Gasteiger partial charge >= 0.3 is 0 Å². The molecule has 0 bridgehead atoms. The van der Waals surface area contributed by atoms with Gasteiger partial charge in [0.25, 0.3) is 0 Å². The van der Waals surface area contributed by atoms with Crippen LogP contribution in [0.15, 0.2) is 59.6 Å². The fourth-order valence-electron chi connectivity index (χ4n) is 3.18. The lowest BCUT2D eigenvalue weighted by atomic mass is 10.2. The number of carbonyl (C=O) groups is 1. The van der Waals surface area contributed by atoms with Crippen molar-refractivity contribution in [2.24, 2.45) is 0 Å². The number of halogens is 1. The molecule has 2 aromatic rings. The summed E-state index contributed by atoms with van der Waals surface area (Å²) in [6.45, 7) is 3.56. The number of carbonyl (C=O) groups excluding carboxylic acids is 1. The highest BCUT2D eigenvalue weighted by Crippen LogP contribution is 2.17. The van der Waals surface area contributed by atoms with Gasteiger partial charge in [-0.2, -0.15) is 0 Å². The summed E-state index contributed by atoms with van der Waals surface area (Å²) in [5, 5.41) is 0.789. The molecule has 1 aliphatic heterocycles. The monoisotopic (exact) mass is 384 g/mol. The molecule has 0 radical (unpaired) electrons. The summed E-state index contributed by atoms with van der Waals surface area (Å²) in [6, 6.07) is 17.9. The van der Waals surface area contributed by atoms with Gasteiger partial charge in [-0.1, -0.05) is 54.1 Å². The molecular weight excluding hydrogens is 360 g/mol. The van der Waals surface area contributed by atoms with Crippen LogP contribution in [-0.2, 0) is 11.3 Å². The van der Waals surface area contributed by atoms with E-state index in [1.165, 1.54) is 0 Å². The minimum atomic E-state index is 0.191. The lowest BCUT2D eigenvalue weighted by Gasteiger charge is -2.22. The van der Waals surface area contributed by atoms with Crippen molar-refractivity contribution in [3.8, 4) is 5.75 Å². The zero-order valence-electron chi connectivity index (χ0n) is 15.6. The third kappa shape index (κ3) is 5.84. The van der Waals surface area contributed by atoms with Gasteiger partial charge in [-0.15, -0.1) is 0 Å². The number of amides is 1. The number of rotatable bonds is 6. The van der Waals surface area contributed by atoms with Gasteiger partial charge in [0.1, 0.15) is 5.75 Å². The normalized spacial score (nSPS) is 16.3. The third-order valence-corrected chi connectivity index (χ3v) is 4.94. The predicted molar refractivity (Wildman–Crippen MR) is 110 cm³/mol. The van der Waals surface area contributed by atoms with E-state index in [1.807, 2.05) is 65.6 Å². The van der Waals surface area contributed by atoms with Gasteiger partial charge in [-0.05, 0) is 29.3 Å². The second-order valence-electron chi connectivity index (χ2n) is 6.69. The molecule has 27 heavy (non-hydrogen) atoms. The molecule has 0 N–H and O–H groups in total. The highest BCUT2D eigenvalue weighted by Gasteiger charge is 2.21. The number of nitrogens with zero attached hydrogens (tertiary/aromatic N) is 2. The van der Waals surface area contributed by atoms with E-state index in [9.17, 15) is 4.79 Å². The number of ether oxygens (including phenoxy) is 1. The van der Waals surface area contributed by atoms with E-state index >= 15 is 0 Å². The summed E-state index contributed by atoms with van der Waals surface area (Å²) >= 11 is 6.44. The van der Waals surface area contributed by atoms with Gasteiger partial charge in [0.05, 0.1) is 7.11 Å². The van der Waals surface area contributed by atoms with Crippen molar-refractivity contribution in [3.63, 3.8) is 0 Å². The Morgan fingerprint density at radius 1 is 1.07 bits per heavy atom. The highest BCUT2D eigenvalue weighted by molar-refractivity contribution is 6.31. The van der Waals surface area contributed by atoms with Crippen molar-refractivity contribution in [1.82, 2.24) is 9.80 Å². The molecule has 0 saturated carbocycles. The van der Waals surface area contributed by atoms with Crippen LogP contribution in [0.2, 0.25) is 0 Å². The largest absolute Gasteiger partial charge is 0.497 e. The summed E-state index contributed by atoms with van der Waals surface area (Å²) in [5.74, 6) is 1.02. The molecule has 0 spiro atoms. The van der Waals surface area contributed by atoms with Crippen LogP contribution in [0.3, 0.4) is 0 Å². The average molecular weight is 385 g/mol. The average Bonchev–Trinajstić information content (AvgIpc) is 2.85. The molecule has 4 nitrogen and oxygen atoms in total. The van der Waals surface area contributed by atoms with Gasteiger partial charge in [0, 0.05) is 44.2 Å². The molecule has 0 aromatic heterocycles. The number of hydrogen-bond acceptors (Lipinski definition) is 3. The molecular formula is C22H25ClN2O2. The Kier molecular flexibility index (Phi) is 6.91. The Bertz CT molecular complexity index is 775. The summed E-state index contributed by atoms with van der Waals surface area (Å²) in [6.07, 6.45) is 2.51. The summed E-state index contributed by atoms with van der Waals surface area (Å²) in [5.41, 5.74) is 2.20. The summed E-state index contributed by atoms with van der Waals surface area (Å²) in [4.78, 5) is 16.7. The van der Waals surface area contributed by atoms with E-state index in [2.05, 4.69) is 4.90 Å². The minimum absolute atomic E-state index is 0.191. The first-order chi connectivity index (χ1) is 13.1. The lowest BCUT2D eigenvalue weighted by Crippen LogP contribution is -2.33. The molecule has 0 aliphatic carbocycles. The van der Waals surface area contributed by atoms with Crippen LogP contribution in [0.4, 0.5) is 0 Å². The zero-order chi connectivity index (χ0) is 19.1. The second-order valence-corrected chi connectivity index (χ2v) is 7.18. The van der Waals surface area contributed by atoms with Gasteiger partial charge < -0.3 is 9.64 Å². The van der Waals surface area contributed by atoms with E-state index < -0.39 is 0 Å². The maximum Gasteiger partial charge on any atom is 0.224 e. The zero-order valence-corrected chi connectivity index (χ0v) is 16.4. The van der Waals surface area contributed by atoms with E-state index in [1.54, 1.807) is 7.11 Å². The fourth-order valence-corrected chi connectivity index (χ4v) is 3.47. The van der Waals surface area contributed by atoms with Crippen LogP contribution in [0.25, 0.3) is 6.08 Å². The Morgan fingerprint density at radius 2 is 1.81 bits per heavy atom. The standard InChI is InChI=1S/C22H25ClN2O2/c1-27-21-9-7-19(8-10-21)16-25-14-13-24(12-11-22(25)26)17-20(23)15-18-5-3-2-4-6-18/h2-10,15H,11-14,16-17H2,1H3. The quantitative estimate of drug-likeness (QED) is 0.754. The maximum absolute atomic E-state index is 12.5.